The van der Waals surface area contributed by atoms with Gasteiger partial charge in [-0.2, -0.15) is 4.31 Å². The Hall–Kier alpha value is -2.63. The lowest BCUT2D eigenvalue weighted by atomic mass is 10.0. The number of sulfonamides is 1. The summed E-state index contributed by atoms with van der Waals surface area (Å²) in [5.74, 6) is -0.250. The smallest absolute Gasteiger partial charge is 0.256 e. The van der Waals surface area contributed by atoms with Crippen LogP contribution in [0.1, 0.15) is 60.3 Å². The molecule has 2 aromatic carbocycles. The van der Waals surface area contributed by atoms with E-state index >= 15 is 0 Å². The molecule has 4 heterocycles. The van der Waals surface area contributed by atoms with E-state index in [9.17, 15) is 13.2 Å². The van der Waals surface area contributed by atoms with E-state index in [1.807, 2.05) is 18.2 Å². The number of carbonyl (C=O) groups is 1. The van der Waals surface area contributed by atoms with Crippen LogP contribution in [0.3, 0.4) is 0 Å². The molecular formula is C30H34N4O3S3. The van der Waals surface area contributed by atoms with Gasteiger partial charge in [0.05, 0.1) is 15.1 Å². The average molecular weight is 595 g/mol. The van der Waals surface area contributed by atoms with Gasteiger partial charge in [0.1, 0.15) is 10.0 Å². The molecule has 4 aromatic rings. The first-order valence-electron chi connectivity index (χ1n) is 14.0. The van der Waals surface area contributed by atoms with Crippen molar-refractivity contribution < 1.29 is 13.2 Å². The molecule has 2 aliphatic rings. The van der Waals surface area contributed by atoms with Crippen LogP contribution in [0.2, 0.25) is 0 Å². The van der Waals surface area contributed by atoms with Gasteiger partial charge in [0, 0.05) is 48.2 Å². The van der Waals surface area contributed by atoms with E-state index < -0.39 is 10.0 Å². The molecule has 1 fully saturated rings. The maximum atomic E-state index is 13.5. The summed E-state index contributed by atoms with van der Waals surface area (Å²) < 4.78 is 29.1. The fraction of sp³-hybridized carbons (Fsp3) is 0.400. The van der Waals surface area contributed by atoms with Crippen molar-refractivity contribution in [1.82, 2.24) is 14.2 Å². The number of anilines is 1. The maximum absolute atomic E-state index is 13.5. The van der Waals surface area contributed by atoms with E-state index in [-0.39, 0.29) is 10.8 Å². The molecule has 1 saturated heterocycles. The number of thiazole rings is 1. The molecule has 7 nitrogen and oxygen atoms in total. The third-order valence-corrected chi connectivity index (χ3v) is 12.0. The van der Waals surface area contributed by atoms with Gasteiger partial charge in [-0.3, -0.25) is 9.69 Å². The van der Waals surface area contributed by atoms with E-state index in [1.54, 1.807) is 51.2 Å². The van der Waals surface area contributed by atoms with Crippen LogP contribution in [0.25, 0.3) is 20.8 Å². The second-order valence-electron chi connectivity index (χ2n) is 10.8. The van der Waals surface area contributed by atoms with Gasteiger partial charge in [-0.05, 0) is 75.1 Å². The van der Waals surface area contributed by atoms with Crippen LogP contribution in [-0.4, -0.2) is 54.2 Å². The molecule has 40 heavy (non-hydrogen) atoms. The number of thiophene rings is 1. The van der Waals surface area contributed by atoms with Gasteiger partial charge in [-0.1, -0.05) is 25.0 Å². The minimum atomic E-state index is -3.56. The van der Waals surface area contributed by atoms with Gasteiger partial charge in [0.15, 0.2) is 0 Å². The van der Waals surface area contributed by atoms with E-state index in [0.29, 0.717) is 24.7 Å². The first-order valence-corrected chi connectivity index (χ1v) is 17.0. The Kier molecular flexibility index (Phi) is 7.80. The van der Waals surface area contributed by atoms with E-state index in [1.165, 1.54) is 10.4 Å². The molecule has 0 spiro atoms. The number of nitrogens with zero attached hydrogens (tertiary/aromatic N) is 3. The summed E-state index contributed by atoms with van der Waals surface area (Å²) in [5, 5.41) is 4.90. The number of fused-ring (bicyclic) bond motifs is 2. The Balaban J connectivity index is 1.29. The quantitative estimate of drug-likeness (QED) is 0.272. The van der Waals surface area contributed by atoms with Crippen LogP contribution in [-0.2, 0) is 23.0 Å². The minimum Gasteiger partial charge on any atom is -0.313 e. The Morgan fingerprint density at radius 1 is 0.950 bits per heavy atom. The average Bonchev–Trinajstić information content (AvgIpc) is 3.41. The standard InChI is InChI=1S/C30H34N4O3S3/c1-20(2)33-18-15-23-26(19-33)39-30(27(23)29-31-24-9-5-6-10-25(24)38-29)32-28(35)21-11-13-22(14-12-21)40(36,37)34-16-7-3-4-8-17-34/h5-6,9-14,20H,3-4,7-8,15-19H2,1-2H3,(H,32,35). The van der Waals surface area contributed by atoms with Crippen LogP contribution in [0.5, 0.6) is 0 Å². The van der Waals surface area contributed by atoms with Crippen LogP contribution in [0.15, 0.2) is 53.4 Å². The predicted octanol–water partition coefficient (Wildman–Crippen LogP) is 6.61. The van der Waals surface area contributed by atoms with Gasteiger partial charge in [0.25, 0.3) is 5.91 Å². The molecule has 210 valence electrons. The van der Waals surface area contributed by atoms with Gasteiger partial charge < -0.3 is 5.32 Å². The zero-order valence-corrected chi connectivity index (χ0v) is 25.3. The van der Waals surface area contributed by atoms with E-state index in [4.69, 9.17) is 4.98 Å². The van der Waals surface area contributed by atoms with Crippen LogP contribution in [0.4, 0.5) is 5.00 Å². The Morgan fingerprint density at radius 2 is 1.68 bits per heavy atom. The number of aromatic nitrogens is 1. The first kappa shape index (κ1) is 27.5. The largest absolute Gasteiger partial charge is 0.313 e. The van der Waals surface area contributed by atoms with Crippen molar-refractivity contribution in [1.29, 1.82) is 0 Å². The van der Waals surface area contributed by atoms with E-state index in [2.05, 4.69) is 30.1 Å². The fourth-order valence-corrected chi connectivity index (χ4v) is 9.44. The molecular weight excluding hydrogens is 561 g/mol. The lowest BCUT2D eigenvalue weighted by Gasteiger charge is -2.30. The summed E-state index contributed by atoms with van der Waals surface area (Å²) in [4.78, 5) is 22.4. The van der Waals surface area contributed by atoms with Crippen molar-refractivity contribution in [2.24, 2.45) is 0 Å². The summed E-state index contributed by atoms with van der Waals surface area (Å²) >= 11 is 3.28. The molecule has 0 bridgehead atoms. The third kappa shape index (κ3) is 5.35. The molecule has 0 atom stereocenters. The maximum Gasteiger partial charge on any atom is 0.256 e. The molecule has 0 saturated carbocycles. The third-order valence-electron chi connectivity index (χ3n) is 7.87. The summed E-state index contributed by atoms with van der Waals surface area (Å²) in [7, 11) is -3.56. The molecule has 10 heteroatoms. The number of amides is 1. The number of para-hydroxylation sites is 1. The second-order valence-corrected chi connectivity index (χ2v) is 14.9. The van der Waals surface area contributed by atoms with Crippen molar-refractivity contribution in [2.75, 3.05) is 25.0 Å². The zero-order chi connectivity index (χ0) is 27.9. The normalized spacial score (nSPS) is 17.2. The van der Waals surface area contributed by atoms with Crippen LogP contribution >= 0.6 is 22.7 Å². The number of nitrogens with one attached hydrogen (secondary N) is 1. The van der Waals surface area contributed by atoms with Crippen LogP contribution < -0.4 is 5.32 Å². The highest BCUT2D eigenvalue weighted by Crippen LogP contribution is 2.46. The Labute approximate surface area is 243 Å². The molecule has 1 N–H and O–H groups in total. The van der Waals surface area contributed by atoms with Gasteiger partial charge in [-0.25, -0.2) is 13.4 Å². The number of hydrogen-bond acceptors (Lipinski definition) is 7. The monoisotopic (exact) mass is 594 g/mol. The number of carbonyl (C=O) groups excluding carboxylic acids is 1. The topological polar surface area (TPSA) is 82.6 Å². The second kappa shape index (κ2) is 11.3. The molecule has 2 aliphatic heterocycles. The summed E-state index contributed by atoms with van der Waals surface area (Å²) in [6, 6.07) is 14.9. The Bertz CT molecular complexity index is 1600. The van der Waals surface area contributed by atoms with Crippen molar-refractivity contribution in [3.8, 4) is 10.6 Å². The van der Waals surface area contributed by atoms with Gasteiger partial charge >= 0.3 is 0 Å². The van der Waals surface area contributed by atoms with Crippen molar-refractivity contribution in [3.63, 3.8) is 0 Å². The summed E-state index contributed by atoms with van der Waals surface area (Å²) in [5.41, 5.74) is 3.69. The fourth-order valence-electron chi connectivity index (χ4n) is 5.54. The number of benzene rings is 2. The van der Waals surface area contributed by atoms with Crippen molar-refractivity contribution in [2.45, 2.75) is 63.4 Å². The predicted molar refractivity (Wildman–Crippen MR) is 164 cm³/mol. The molecule has 6 rings (SSSR count). The van der Waals surface area contributed by atoms with Gasteiger partial charge in [0.2, 0.25) is 10.0 Å². The highest BCUT2D eigenvalue weighted by molar-refractivity contribution is 7.89. The molecule has 0 unspecified atom stereocenters. The highest BCUT2D eigenvalue weighted by atomic mass is 32.2. The van der Waals surface area contributed by atoms with Gasteiger partial charge in [-0.15, -0.1) is 22.7 Å². The highest BCUT2D eigenvalue weighted by Gasteiger charge is 2.29. The SMILES string of the molecule is CC(C)N1CCc2c(sc(NC(=O)c3ccc(S(=O)(=O)N4CCCCCC4)cc3)c2-c2nc3ccccc3s2)C1. The number of rotatable bonds is 6. The summed E-state index contributed by atoms with van der Waals surface area (Å²) in [6.07, 6.45) is 4.80. The van der Waals surface area contributed by atoms with Crippen molar-refractivity contribution >= 4 is 53.8 Å². The summed E-state index contributed by atoms with van der Waals surface area (Å²) in [6.45, 7) is 7.36. The first-order chi connectivity index (χ1) is 19.3. The molecule has 0 aliphatic carbocycles. The zero-order valence-electron chi connectivity index (χ0n) is 22.9. The lowest BCUT2D eigenvalue weighted by molar-refractivity contribution is 0.102. The molecule has 2 aromatic heterocycles. The lowest BCUT2D eigenvalue weighted by Crippen LogP contribution is -2.35. The number of hydrogen-bond donors (Lipinski definition) is 1. The Morgan fingerprint density at radius 3 is 2.38 bits per heavy atom. The molecule has 0 radical (unpaired) electrons. The molecule has 1 amide bonds. The van der Waals surface area contributed by atoms with Crippen molar-refractivity contribution in [3.05, 3.63) is 64.5 Å². The van der Waals surface area contributed by atoms with Crippen LogP contribution in [0, 0.1) is 0 Å². The minimum absolute atomic E-state index is 0.237. The van der Waals surface area contributed by atoms with E-state index in [0.717, 1.165) is 71.0 Å².